The predicted molar refractivity (Wildman–Crippen MR) is 98.7 cm³/mol. The number of nitrogens with zero attached hydrogens (tertiary/aromatic N) is 1. The molecule has 0 spiro atoms. The second kappa shape index (κ2) is 6.71. The highest BCUT2D eigenvalue weighted by atomic mass is 19.3. The molecule has 2 heterocycles. The summed E-state index contributed by atoms with van der Waals surface area (Å²) in [6.07, 6.45) is 0.482. The molecule has 0 radical (unpaired) electrons. The van der Waals surface area contributed by atoms with Crippen LogP contribution < -0.4 is 10.6 Å². The molecule has 1 aliphatic carbocycles. The molecule has 1 unspecified atom stereocenters. The van der Waals surface area contributed by atoms with Crippen LogP contribution in [-0.4, -0.2) is 35.7 Å². The molecule has 1 aliphatic heterocycles. The third-order valence-electron chi connectivity index (χ3n) is 5.12. The van der Waals surface area contributed by atoms with Gasteiger partial charge in [-0.05, 0) is 49.7 Å². The summed E-state index contributed by atoms with van der Waals surface area (Å²) < 4.78 is 45.0. The Morgan fingerprint density at radius 2 is 1.85 bits per heavy atom. The van der Waals surface area contributed by atoms with Crippen LogP contribution in [-0.2, 0) is 4.74 Å². The van der Waals surface area contributed by atoms with Gasteiger partial charge in [-0.1, -0.05) is 0 Å². The van der Waals surface area contributed by atoms with Gasteiger partial charge < -0.3 is 15.4 Å². The van der Waals surface area contributed by atoms with Crippen LogP contribution in [0.4, 0.5) is 24.7 Å². The number of alkyl halides is 2. The normalized spacial score (nSPS) is 24.4. The summed E-state index contributed by atoms with van der Waals surface area (Å²) in [5.41, 5.74) is 1.89. The first-order valence-corrected chi connectivity index (χ1v) is 9.09. The van der Waals surface area contributed by atoms with Gasteiger partial charge in [0.1, 0.15) is 5.82 Å². The van der Waals surface area contributed by atoms with Gasteiger partial charge in [-0.3, -0.25) is 0 Å². The van der Waals surface area contributed by atoms with Gasteiger partial charge in [-0.25, -0.2) is 18.2 Å². The molecular formula is C20H22F3N3O. The molecule has 0 bridgehead atoms. The number of benzene rings is 1. The number of nitrogens with one attached hydrogen (secondary N) is 2. The van der Waals surface area contributed by atoms with Crippen molar-refractivity contribution in [2.24, 2.45) is 0 Å². The van der Waals surface area contributed by atoms with E-state index < -0.39 is 5.92 Å². The summed E-state index contributed by atoms with van der Waals surface area (Å²) in [6.45, 7) is 3.27. The first-order valence-electron chi connectivity index (χ1n) is 9.09. The monoisotopic (exact) mass is 377 g/mol. The standard InChI is InChI=1S/C20H22F3N3O/c1-19(8-9-27-12-19)26-18-17(24-15-10-20(22,23)11-15)7-6-16(25-18)13-2-4-14(21)5-3-13/h2-7,15,24H,8-12H2,1H3,(H,25,26). The topological polar surface area (TPSA) is 46.2 Å². The molecule has 0 amide bonds. The summed E-state index contributed by atoms with van der Waals surface area (Å²) in [6, 6.07) is 9.49. The molecule has 1 saturated carbocycles. The average molecular weight is 377 g/mol. The van der Waals surface area contributed by atoms with E-state index in [4.69, 9.17) is 4.74 Å². The third kappa shape index (κ3) is 4.03. The molecule has 144 valence electrons. The van der Waals surface area contributed by atoms with Crippen molar-refractivity contribution in [1.29, 1.82) is 0 Å². The van der Waals surface area contributed by atoms with Crippen molar-refractivity contribution in [3.8, 4) is 11.3 Å². The van der Waals surface area contributed by atoms with Crippen molar-refractivity contribution in [3.05, 3.63) is 42.2 Å². The maximum atomic E-state index is 13.2. The molecule has 1 aromatic heterocycles. The Hall–Kier alpha value is -2.28. The Morgan fingerprint density at radius 3 is 2.48 bits per heavy atom. The van der Waals surface area contributed by atoms with Crippen LogP contribution in [0.5, 0.6) is 0 Å². The molecule has 4 rings (SSSR count). The minimum atomic E-state index is -2.59. The van der Waals surface area contributed by atoms with Gasteiger partial charge in [0, 0.05) is 31.1 Å². The van der Waals surface area contributed by atoms with Gasteiger partial charge in [0.15, 0.2) is 5.82 Å². The van der Waals surface area contributed by atoms with Gasteiger partial charge in [-0.15, -0.1) is 0 Å². The zero-order valence-electron chi connectivity index (χ0n) is 15.1. The molecule has 1 aromatic carbocycles. The first-order chi connectivity index (χ1) is 12.8. The Kier molecular flexibility index (Phi) is 4.50. The van der Waals surface area contributed by atoms with E-state index in [9.17, 15) is 13.2 Å². The lowest BCUT2D eigenvalue weighted by atomic mass is 9.88. The second-order valence-corrected chi connectivity index (χ2v) is 7.69. The summed E-state index contributed by atoms with van der Waals surface area (Å²) in [7, 11) is 0. The zero-order valence-corrected chi connectivity index (χ0v) is 15.1. The largest absolute Gasteiger partial charge is 0.379 e. The van der Waals surface area contributed by atoms with Crippen molar-refractivity contribution in [2.45, 2.75) is 43.7 Å². The fourth-order valence-corrected chi connectivity index (χ4v) is 3.49. The number of hydrogen-bond acceptors (Lipinski definition) is 4. The highest BCUT2D eigenvalue weighted by Gasteiger charge is 2.45. The number of pyridine rings is 1. The van der Waals surface area contributed by atoms with Gasteiger partial charge in [0.05, 0.1) is 23.5 Å². The molecule has 2 aliphatic rings. The molecule has 4 nitrogen and oxygen atoms in total. The smallest absolute Gasteiger partial charge is 0.252 e. The number of ether oxygens (including phenoxy) is 1. The fraction of sp³-hybridized carbons (Fsp3) is 0.450. The van der Waals surface area contributed by atoms with E-state index in [2.05, 4.69) is 15.6 Å². The Morgan fingerprint density at radius 1 is 1.11 bits per heavy atom. The zero-order chi connectivity index (χ0) is 19.1. The summed E-state index contributed by atoms with van der Waals surface area (Å²) in [5, 5.41) is 6.60. The summed E-state index contributed by atoms with van der Waals surface area (Å²) in [5.74, 6) is -2.30. The molecule has 2 N–H and O–H groups in total. The SMILES string of the molecule is CC1(Nc2nc(-c3ccc(F)cc3)ccc2NC2CC(F)(F)C2)CCOC1. The summed E-state index contributed by atoms with van der Waals surface area (Å²) >= 11 is 0. The van der Waals surface area contributed by atoms with Crippen molar-refractivity contribution in [2.75, 3.05) is 23.8 Å². The molecule has 1 saturated heterocycles. The first kappa shape index (κ1) is 18.1. The van der Waals surface area contributed by atoms with E-state index in [-0.39, 0.29) is 30.2 Å². The number of halogens is 3. The molecule has 2 aromatic rings. The van der Waals surface area contributed by atoms with Crippen LogP contribution >= 0.6 is 0 Å². The van der Waals surface area contributed by atoms with E-state index in [1.54, 1.807) is 12.1 Å². The third-order valence-corrected chi connectivity index (χ3v) is 5.12. The summed E-state index contributed by atoms with van der Waals surface area (Å²) in [4.78, 5) is 4.69. The van der Waals surface area contributed by atoms with Crippen molar-refractivity contribution < 1.29 is 17.9 Å². The van der Waals surface area contributed by atoms with Crippen LogP contribution in [0.3, 0.4) is 0 Å². The lowest BCUT2D eigenvalue weighted by Crippen LogP contribution is -2.44. The molecule has 1 atom stereocenters. The molecular weight excluding hydrogens is 355 g/mol. The van der Waals surface area contributed by atoms with E-state index in [0.29, 0.717) is 30.4 Å². The van der Waals surface area contributed by atoms with E-state index in [1.807, 2.05) is 19.1 Å². The van der Waals surface area contributed by atoms with Crippen LogP contribution in [0.2, 0.25) is 0 Å². The average Bonchev–Trinajstić information content (AvgIpc) is 3.02. The van der Waals surface area contributed by atoms with E-state index in [0.717, 1.165) is 12.0 Å². The lowest BCUT2D eigenvalue weighted by molar-refractivity contribution is -0.0793. The van der Waals surface area contributed by atoms with Crippen LogP contribution in [0.25, 0.3) is 11.3 Å². The van der Waals surface area contributed by atoms with Crippen molar-refractivity contribution in [3.63, 3.8) is 0 Å². The van der Waals surface area contributed by atoms with Crippen LogP contribution in [0.15, 0.2) is 36.4 Å². The number of aromatic nitrogens is 1. The molecule has 27 heavy (non-hydrogen) atoms. The van der Waals surface area contributed by atoms with Crippen LogP contribution in [0, 0.1) is 5.82 Å². The Balaban J connectivity index is 1.62. The van der Waals surface area contributed by atoms with E-state index >= 15 is 0 Å². The lowest BCUT2D eigenvalue weighted by Gasteiger charge is -2.36. The van der Waals surface area contributed by atoms with E-state index in [1.165, 1.54) is 12.1 Å². The number of anilines is 2. The molecule has 7 heteroatoms. The van der Waals surface area contributed by atoms with Gasteiger partial charge in [0.2, 0.25) is 0 Å². The second-order valence-electron chi connectivity index (χ2n) is 7.69. The Labute approximate surface area is 156 Å². The minimum Gasteiger partial charge on any atom is -0.379 e. The quantitative estimate of drug-likeness (QED) is 0.794. The Bertz CT molecular complexity index is 812. The van der Waals surface area contributed by atoms with Gasteiger partial charge in [0.25, 0.3) is 5.92 Å². The number of hydrogen-bond donors (Lipinski definition) is 2. The fourth-order valence-electron chi connectivity index (χ4n) is 3.49. The number of rotatable bonds is 5. The maximum Gasteiger partial charge on any atom is 0.252 e. The van der Waals surface area contributed by atoms with Crippen molar-refractivity contribution >= 4 is 11.5 Å². The van der Waals surface area contributed by atoms with Gasteiger partial charge >= 0.3 is 0 Å². The predicted octanol–water partition coefficient (Wildman–Crippen LogP) is 4.69. The van der Waals surface area contributed by atoms with Crippen molar-refractivity contribution in [1.82, 2.24) is 4.98 Å². The highest BCUT2D eigenvalue weighted by molar-refractivity contribution is 5.72. The minimum absolute atomic E-state index is 0.174. The van der Waals surface area contributed by atoms with Gasteiger partial charge in [-0.2, -0.15) is 0 Å². The van der Waals surface area contributed by atoms with Crippen LogP contribution in [0.1, 0.15) is 26.2 Å². The maximum absolute atomic E-state index is 13.2. The highest BCUT2D eigenvalue weighted by Crippen LogP contribution is 2.40. The molecule has 2 fully saturated rings.